The van der Waals surface area contributed by atoms with Gasteiger partial charge < -0.3 is 19.9 Å². The Kier molecular flexibility index (Phi) is 5.57. The van der Waals surface area contributed by atoms with Crippen LogP contribution < -0.4 is 5.32 Å². The van der Waals surface area contributed by atoms with Gasteiger partial charge in [-0.15, -0.1) is 0 Å². The van der Waals surface area contributed by atoms with E-state index in [1.54, 1.807) is 28.9 Å². The molecule has 0 radical (unpaired) electrons. The summed E-state index contributed by atoms with van der Waals surface area (Å²) >= 11 is 0. The molecule has 0 spiro atoms. The first-order valence-corrected chi connectivity index (χ1v) is 10.0. The van der Waals surface area contributed by atoms with Crippen LogP contribution in [-0.2, 0) is 4.74 Å². The quantitative estimate of drug-likeness (QED) is 0.815. The average molecular weight is 415 g/mol. The molecule has 1 atom stereocenters. The van der Waals surface area contributed by atoms with E-state index in [1.165, 1.54) is 0 Å². The molecule has 2 aromatic rings. The molecule has 1 N–H and O–H groups in total. The summed E-state index contributed by atoms with van der Waals surface area (Å²) in [6.45, 7) is 2.99. The van der Waals surface area contributed by atoms with Crippen LogP contribution in [0.5, 0.6) is 0 Å². The van der Waals surface area contributed by atoms with Crippen molar-refractivity contribution < 1.29 is 23.1 Å². The van der Waals surface area contributed by atoms with Gasteiger partial charge in [0.25, 0.3) is 5.91 Å². The molecule has 158 valence electrons. The number of anilines is 1. The van der Waals surface area contributed by atoms with Crippen LogP contribution in [0, 0.1) is 11.6 Å². The van der Waals surface area contributed by atoms with Crippen molar-refractivity contribution >= 4 is 17.7 Å². The molecule has 0 saturated carbocycles. The number of rotatable bonds is 4. The molecule has 8 heteroatoms. The molecule has 1 saturated heterocycles. The summed E-state index contributed by atoms with van der Waals surface area (Å²) in [4.78, 5) is 28.5. The third-order valence-electron chi connectivity index (χ3n) is 5.60. The van der Waals surface area contributed by atoms with Gasteiger partial charge in [0.1, 0.15) is 17.8 Å². The van der Waals surface area contributed by atoms with E-state index in [9.17, 15) is 18.4 Å². The van der Waals surface area contributed by atoms with E-state index >= 15 is 0 Å². The van der Waals surface area contributed by atoms with Crippen molar-refractivity contribution in [2.45, 2.75) is 32.0 Å². The lowest BCUT2D eigenvalue weighted by atomic mass is 10.0. The smallest absolute Gasteiger partial charge is 0.409 e. The summed E-state index contributed by atoms with van der Waals surface area (Å²) in [7, 11) is 0. The number of fused-ring (bicyclic) bond motifs is 1. The topological polar surface area (TPSA) is 61.9 Å². The standard InChI is InChI=1S/C22H23F2N3O3/c1-2-30-22(29)26-11-9-15(10-12-26)27-20(16-5-3-4-6-17(16)21(27)28)25-19-13-14(23)7-8-18(19)24/h3-8,13,15,20,25H,2,9-12H2,1H3/t20-/m0/s1. The number of carbonyl (C=O) groups is 2. The van der Waals surface area contributed by atoms with Crippen LogP contribution in [-0.4, -0.2) is 47.5 Å². The fourth-order valence-corrected chi connectivity index (χ4v) is 4.16. The van der Waals surface area contributed by atoms with Gasteiger partial charge in [-0.25, -0.2) is 13.6 Å². The summed E-state index contributed by atoms with van der Waals surface area (Å²) in [6.07, 6.45) is 0.165. The normalized spacial score (nSPS) is 19.0. The Morgan fingerprint density at radius 2 is 1.90 bits per heavy atom. The average Bonchev–Trinajstić information content (AvgIpc) is 3.03. The van der Waals surface area contributed by atoms with Crippen molar-refractivity contribution in [3.05, 3.63) is 65.2 Å². The molecule has 0 aliphatic carbocycles. The maximum absolute atomic E-state index is 14.3. The number of benzene rings is 2. The van der Waals surface area contributed by atoms with Gasteiger partial charge in [0.2, 0.25) is 0 Å². The van der Waals surface area contributed by atoms with Crippen molar-refractivity contribution in [3.8, 4) is 0 Å². The maximum atomic E-state index is 14.3. The molecule has 2 aliphatic heterocycles. The van der Waals surface area contributed by atoms with Gasteiger partial charge in [-0.1, -0.05) is 18.2 Å². The molecular weight excluding hydrogens is 392 g/mol. The predicted octanol–water partition coefficient (Wildman–Crippen LogP) is 4.15. The number of hydrogen-bond donors (Lipinski definition) is 1. The molecule has 2 amide bonds. The van der Waals surface area contributed by atoms with Crippen LogP contribution in [0.2, 0.25) is 0 Å². The van der Waals surface area contributed by atoms with Gasteiger partial charge in [-0.05, 0) is 38.0 Å². The summed E-state index contributed by atoms with van der Waals surface area (Å²) in [5.74, 6) is -1.31. The van der Waals surface area contributed by atoms with Crippen LogP contribution in [0.3, 0.4) is 0 Å². The maximum Gasteiger partial charge on any atom is 0.409 e. The van der Waals surface area contributed by atoms with Gasteiger partial charge >= 0.3 is 6.09 Å². The minimum atomic E-state index is -0.621. The van der Waals surface area contributed by atoms with Crippen molar-refractivity contribution in [2.24, 2.45) is 0 Å². The number of halogens is 2. The Bertz CT molecular complexity index is 960. The number of hydrogen-bond acceptors (Lipinski definition) is 4. The second kappa shape index (κ2) is 8.30. The van der Waals surface area contributed by atoms with Crippen molar-refractivity contribution in [2.75, 3.05) is 25.0 Å². The van der Waals surface area contributed by atoms with Crippen LogP contribution in [0.15, 0.2) is 42.5 Å². The number of piperidine rings is 1. The van der Waals surface area contributed by atoms with E-state index in [4.69, 9.17) is 4.74 Å². The third-order valence-corrected chi connectivity index (χ3v) is 5.60. The number of nitrogens with zero attached hydrogens (tertiary/aromatic N) is 2. The van der Waals surface area contributed by atoms with E-state index in [1.807, 2.05) is 12.1 Å². The SMILES string of the molecule is CCOC(=O)N1CCC(N2C(=O)c3ccccc3[C@H]2Nc2cc(F)ccc2F)CC1. The molecule has 2 aliphatic rings. The summed E-state index contributed by atoms with van der Waals surface area (Å²) in [5, 5.41) is 3.02. The number of ether oxygens (including phenoxy) is 1. The van der Waals surface area contributed by atoms with Crippen LogP contribution in [0.1, 0.15) is 41.9 Å². The molecule has 1 fully saturated rings. The van der Waals surface area contributed by atoms with E-state index in [-0.39, 0.29) is 23.7 Å². The zero-order chi connectivity index (χ0) is 21.3. The van der Waals surface area contributed by atoms with Gasteiger partial charge in [-0.3, -0.25) is 4.79 Å². The molecule has 4 rings (SSSR count). The largest absolute Gasteiger partial charge is 0.450 e. The van der Waals surface area contributed by atoms with E-state index in [0.717, 1.165) is 23.8 Å². The molecule has 0 bridgehead atoms. The van der Waals surface area contributed by atoms with Gasteiger partial charge in [-0.2, -0.15) is 0 Å². The second-order valence-electron chi connectivity index (χ2n) is 7.39. The third kappa shape index (κ3) is 3.69. The van der Waals surface area contributed by atoms with Gasteiger partial charge in [0.15, 0.2) is 0 Å². The fraction of sp³-hybridized carbons (Fsp3) is 0.364. The molecule has 2 aromatic carbocycles. The lowest BCUT2D eigenvalue weighted by molar-refractivity contribution is 0.0496. The number of carbonyl (C=O) groups excluding carboxylic acids is 2. The molecule has 0 aromatic heterocycles. The first-order chi connectivity index (χ1) is 14.5. The van der Waals surface area contributed by atoms with Crippen molar-refractivity contribution in [1.29, 1.82) is 0 Å². The predicted molar refractivity (Wildman–Crippen MR) is 107 cm³/mol. The minimum Gasteiger partial charge on any atom is -0.450 e. The van der Waals surface area contributed by atoms with Crippen molar-refractivity contribution in [1.82, 2.24) is 9.80 Å². The number of nitrogens with one attached hydrogen (secondary N) is 1. The fourth-order valence-electron chi connectivity index (χ4n) is 4.16. The zero-order valence-electron chi connectivity index (χ0n) is 16.6. The van der Waals surface area contributed by atoms with Crippen LogP contribution >= 0.6 is 0 Å². The first kappa shape index (κ1) is 20.1. The van der Waals surface area contributed by atoms with Crippen molar-refractivity contribution in [3.63, 3.8) is 0 Å². The van der Waals surface area contributed by atoms with Crippen LogP contribution in [0.25, 0.3) is 0 Å². The zero-order valence-corrected chi connectivity index (χ0v) is 16.6. The Hall–Kier alpha value is -3.16. The molecule has 30 heavy (non-hydrogen) atoms. The lowest BCUT2D eigenvalue weighted by Crippen LogP contribution is -2.49. The highest BCUT2D eigenvalue weighted by Gasteiger charge is 2.42. The number of amides is 2. The molecule has 6 nitrogen and oxygen atoms in total. The van der Waals surface area contributed by atoms with E-state index in [2.05, 4.69) is 5.32 Å². The summed E-state index contributed by atoms with van der Waals surface area (Å²) < 4.78 is 33.0. The van der Waals surface area contributed by atoms with Crippen LogP contribution in [0.4, 0.5) is 19.3 Å². The van der Waals surface area contributed by atoms with E-state index in [0.29, 0.717) is 38.1 Å². The summed E-state index contributed by atoms with van der Waals surface area (Å²) in [6, 6.07) is 10.2. The molecular formula is C22H23F2N3O3. The Morgan fingerprint density at radius 3 is 2.63 bits per heavy atom. The Morgan fingerprint density at radius 1 is 1.17 bits per heavy atom. The van der Waals surface area contributed by atoms with Gasteiger partial charge in [0.05, 0.1) is 12.3 Å². The first-order valence-electron chi connectivity index (χ1n) is 10.0. The molecule has 2 heterocycles. The van der Waals surface area contributed by atoms with Gasteiger partial charge in [0, 0.05) is 36.3 Å². The Labute approximate surface area is 173 Å². The lowest BCUT2D eigenvalue weighted by Gasteiger charge is -2.39. The minimum absolute atomic E-state index is 0.00142. The molecule has 0 unspecified atom stereocenters. The second-order valence-corrected chi connectivity index (χ2v) is 7.39. The highest BCUT2D eigenvalue weighted by molar-refractivity contribution is 5.99. The monoisotopic (exact) mass is 415 g/mol. The summed E-state index contributed by atoms with van der Waals surface area (Å²) in [5.41, 5.74) is 1.26. The highest BCUT2D eigenvalue weighted by atomic mass is 19.1. The number of likely N-dealkylation sites (tertiary alicyclic amines) is 1. The van der Waals surface area contributed by atoms with E-state index < -0.39 is 17.8 Å². The highest BCUT2D eigenvalue weighted by Crippen LogP contribution is 2.38. The Balaban J connectivity index is 1.59.